The summed E-state index contributed by atoms with van der Waals surface area (Å²) in [6.07, 6.45) is 0.556. The monoisotopic (exact) mass is 266 g/mol. The summed E-state index contributed by atoms with van der Waals surface area (Å²) in [5.41, 5.74) is -0.544. The molecular formula is C15H19FO3. The minimum Gasteiger partial charge on any atom is -0.467 e. The highest BCUT2D eigenvalue weighted by Crippen LogP contribution is 2.55. The number of halogens is 1. The Morgan fingerprint density at radius 2 is 1.95 bits per heavy atom. The molecule has 104 valence electrons. The fourth-order valence-corrected chi connectivity index (χ4v) is 2.86. The summed E-state index contributed by atoms with van der Waals surface area (Å²) in [7, 11) is 1.37. The van der Waals surface area contributed by atoms with Crippen molar-refractivity contribution in [3.63, 3.8) is 0 Å². The third kappa shape index (κ3) is 2.14. The minimum absolute atomic E-state index is 0.0189. The average molecular weight is 266 g/mol. The second kappa shape index (κ2) is 4.60. The highest BCUT2D eigenvalue weighted by atomic mass is 19.1. The molecule has 19 heavy (non-hydrogen) atoms. The topological polar surface area (TPSA) is 38.8 Å². The van der Waals surface area contributed by atoms with E-state index in [9.17, 15) is 9.18 Å². The van der Waals surface area contributed by atoms with E-state index in [0.717, 1.165) is 5.56 Å². The summed E-state index contributed by atoms with van der Waals surface area (Å²) in [6, 6.07) is 6.25. The molecule has 1 aliphatic rings. The van der Waals surface area contributed by atoms with Gasteiger partial charge < -0.3 is 9.47 Å². The molecule has 0 amide bonds. The van der Waals surface area contributed by atoms with Crippen molar-refractivity contribution in [1.29, 1.82) is 0 Å². The van der Waals surface area contributed by atoms with E-state index in [1.165, 1.54) is 19.2 Å². The SMILES string of the molecule is COC(=O)C1(C(C)C)OC1(C)Cc1ccc(F)cc1. The maximum atomic E-state index is 12.9. The van der Waals surface area contributed by atoms with Crippen LogP contribution in [-0.2, 0) is 20.7 Å². The number of methoxy groups -OCH3 is 1. The number of benzene rings is 1. The summed E-state index contributed by atoms with van der Waals surface area (Å²) < 4.78 is 23.5. The molecule has 0 aliphatic carbocycles. The molecule has 0 radical (unpaired) electrons. The molecule has 1 aromatic carbocycles. The summed E-state index contributed by atoms with van der Waals surface area (Å²) >= 11 is 0. The van der Waals surface area contributed by atoms with Gasteiger partial charge in [-0.15, -0.1) is 0 Å². The van der Waals surface area contributed by atoms with E-state index < -0.39 is 11.2 Å². The average Bonchev–Trinajstić information content (AvgIpc) is 2.99. The number of rotatable bonds is 4. The molecule has 1 aliphatic heterocycles. The summed E-state index contributed by atoms with van der Waals surface area (Å²) in [5, 5.41) is 0. The normalized spacial score (nSPS) is 29.4. The van der Waals surface area contributed by atoms with Crippen LogP contribution in [0.4, 0.5) is 4.39 Å². The van der Waals surface area contributed by atoms with E-state index in [1.54, 1.807) is 12.1 Å². The first-order valence-electron chi connectivity index (χ1n) is 6.39. The molecule has 0 saturated carbocycles. The first-order valence-corrected chi connectivity index (χ1v) is 6.39. The van der Waals surface area contributed by atoms with Gasteiger partial charge >= 0.3 is 5.97 Å². The fraction of sp³-hybridized carbons (Fsp3) is 0.533. The van der Waals surface area contributed by atoms with E-state index in [4.69, 9.17) is 9.47 Å². The second-order valence-electron chi connectivity index (χ2n) is 5.52. The van der Waals surface area contributed by atoms with Crippen molar-refractivity contribution in [3.8, 4) is 0 Å². The Bertz CT molecular complexity index is 483. The Labute approximate surface area is 112 Å². The van der Waals surface area contributed by atoms with Gasteiger partial charge in [-0.05, 0) is 30.5 Å². The molecule has 2 rings (SSSR count). The zero-order valence-corrected chi connectivity index (χ0v) is 11.7. The fourth-order valence-electron chi connectivity index (χ4n) is 2.86. The zero-order chi connectivity index (χ0) is 14.3. The molecule has 4 heteroatoms. The number of epoxide rings is 1. The predicted octanol–water partition coefficient (Wildman–Crippen LogP) is 2.72. The standard InChI is InChI=1S/C15H19FO3/c1-10(2)15(13(17)18-4)14(3,19-15)9-11-5-7-12(16)8-6-11/h5-8,10H,9H2,1-4H3. The quantitative estimate of drug-likeness (QED) is 0.621. The molecule has 1 heterocycles. The molecule has 1 saturated heterocycles. The van der Waals surface area contributed by atoms with Gasteiger partial charge in [0, 0.05) is 6.42 Å². The van der Waals surface area contributed by atoms with Gasteiger partial charge in [0.15, 0.2) is 5.60 Å². The molecule has 1 fully saturated rings. The van der Waals surface area contributed by atoms with Crippen molar-refractivity contribution < 1.29 is 18.7 Å². The van der Waals surface area contributed by atoms with Crippen LogP contribution in [0.5, 0.6) is 0 Å². The number of carbonyl (C=O) groups is 1. The van der Waals surface area contributed by atoms with E-state index >= 15 is 0 Å². The van der Waals surface area contributed by atoms with Crippen molar-refractivity contribution in [2.45, 2.75) is 38.4 Å². The number of ether oxygens (including phenoxy) is 2. The van der Waals surface area contributed by atoms with Gasteiger partial charge in [-0.2, -0.15) is 0 Å². The van der Waals surface area contributed by atoms with Gasteiger partial charge in [0.2, 0.25) is 0 Å². The van der Waals surface area contributed by atoms with Crippen LogP contribution in [0.15, 0.2) is 24.3 Å². The lowest BCUT2D eigenvalue weighted by Gasteiger charge is -2.18. The Kier molecular flexibility index (Phi) is 3.39. The lowest BCUT2D eigenvalue weighted by atomic mass is 9.81. The second-order valence-corrected chi connectivity index (χ2v) is 5.52. The van der Waals surface area contributed by atoms with E-state index in [1.807, 2.05) is 20.8 Å². The number of esters is 1. The first-order chi connectivity index (χ1) is 8.85. The Morgan fingerprint density at radius 1 is 1.37 bits per heavy atom. The first kappa shape index (κ1) is 14.0. The van der Waals surface area contributed by atoms with Gasteiger partial charge in [-0.25, -0.2) is 9.18 Å². The van der Waals surface area contributed by atoms with Crippen LogP contribution < -0.4 is 0 Å². The molecule has 0 N–H and O–H groups in total. The molecule has 3 nitrogen and oxygen atoms in total. The van der Waals surface area contributed by atoms with Crippen LogP contribution in [-0.4, -0.2) is 24.3 Å². The summed E-state index contributed by atoms with van der Waals surface area (Å²) in [4.78, 5) is 12.0. The maximum Gasteiger partial charge on any atom is 0.341 e. The summed E-state index contributed by atoms with van der Waals surface area (Å²) in [5.74, 6) is -0.591. The van der Waals surface area contributed by atoms with Crippen molar-refractivity contribution in [2.75, 3.05) is 7.11 Å². The van der Waals surface area contributed by atoms with E-state index in [0.29, 0.717) is 6.42 Å². The van der Waals surface area contributed by atoms with Crippen LogP contribution in [0, 0.1) is 11.7 Å². The van der Waals surface area contributed by atoms with Crippen LogP contribution in [0.3, 0.4) is 0 Å². The van der Waals surface area contributed by atoms with Crippen LogP contribution >= 0.6 is 0 Å². The summed E-state index contributed by atoms with van der Waals surface area (Å²) in [6.45, 7) is 5.77. The highest BCUT2D eigenvalue weighted by molar-refractivity contribution is 5.85. The molecule has 2 atom stereocenters. The Morgan fingerprint density at radius 3 is 2.42 bits per heavy atom. The zero-order valence-electron chi connectivity index (χ0n) is 11.7. The highest BCUT2D eigenvalue weighted by Gasteiger charge is 2.73. The number of hydrogen-bond donors (Lipinski definition) is 0. The largest absolute Gasteiger partial charge is 0.467 e. The van der Waals surface area contributed by atoms with Crippen LogP contribution in [0.2, 0.25) is 0 Å². The van der Waals surface area contributed by atoms with Crippen molar-refractivity contribution >= 4 is 5.97 Å². The van der Waals surface area contributed by atoms with Gasteiger partial charge in [0.1, 0.15) is 11.4 Å². The molecule has 0 spiro atoms. The van der Waals surface area contributed by atoms with Crippen LogP contribution in [0.25, 0.3) is 0 Å². The molecule has 0 bridgehead atoms. The minimum atomic E-state index is -0.893. The third-order valence-electron chi connectivity index (χ3n) is 3.89. The van der Waals surface area contributed by atoms with Crippen molar-refractivity contribution in [1.82, 2.24) is 0 Å². The van der Waals surface area contributed by atoms with E-state index in [2.05, 4.69) is 0 Å². The Balaban J connectivity index is 2.21. The van der Waals surface area contributed by atoms with Gasteiger partial charge in [-0.3, -0.25) is 0 Å². The van der Waals surface area contributed by atoms with Crippen LogP contribution in [0.1, 0.15) is 26.3 Å². The number of carbonyl (C=O) groups excluding carboxylic acids is 1. The van der Waals surface area contributed by atoms with E-state index in [-0.39, 0.29) is 17.7 Å². The van der Waals surface area contributed by atoms with Gasteiger partial charge in [0.05, 0.1) is 7.11 Å². The van der Waals surface area contributed by atoms with Crippen molar-refractivity contribution in [2.24, 2.45) is 5.92 Å². The number of hydrogen-bond acceptors (Lipinski definition) is 3. The van der Waals surface area contributed by atoms with Gasteiger partial charge in [0.25, 0.3) is 0 Å². The smallest absolute Gasteiger partial charge is 0.341 e. The Hall–Kier alpha value is -1.42. The lowest BCUT2D eigenvalue weighted by Crippen LogP contribution is -2.39. The van der Waals surface area contributed by atoms with Gasteiger partial charge in [-0.1, -0.05) is 26.0 Å². The maximum absolute atomic E-state index is 12.9. The molecular weight excluding hydrogens is 247 g/mol. The molecule has 2 unspecified atom stereocenters. The molecule has 1 aromatic rings. The third-order valence-corrected chi connectivity index (χ3v) is 3.89. The molecule has 0 aromatic heterocycles. The van der Waals surface area contributed by atoms with Crippen molar-refractivity contribution in [3.05, 3.63) is 35.6 Å². The lowest BCUT2D eigenvalue weighted by molar-refractivity contribution is -0.148. The predicted molar refractivity (Wildman–Crippen MR) is 69.2 cm³/mol.